The van der Waals surface area contributed by atoms with Crippen molar-refractivity contribution in [2.45, 2.75) is 26.2 Å². The Balaban J connectivity index is 1.64. The SMILES string of the molecule is CCc1nc(NC)cc(N2CCN(CC3CC3)CC2)n1. The van der Waals surface area contributed by atoms with Crippen molar-refractivity contribution in [3.05, 3.63) is 11.9 Å². The fourth-order valence-corrected chi connectivity index (χ4v) is 2.76. The largest absolute Gasteiger partial charge is 0.373 e. The highest BCUT2D eigenvalue weighted by Gasteiger charge is 2.26. The van der Waals surface area contributed by atoms with E-state index in [1.165, 1.54) is 19.4 Å². The number of rotatable bonds is 5. The molecule has 1 aromatic heterocycles. The predicted octanol–water partition coefficient (Wildman–Crippen LogP) is 1.61. The average molecular weight is 275 g/mol. The van der Waals surface area contributed by atoms with Gasteiger partial charge in [0.1, 0.15) is 17.5 Å². The van der Waals surface area contributed by atoms with Crippen molar-refractivity contribution in [2.75, 3.05) is 50.0 Å². The molecule has 0 spiro atoms. The predicted molar refractivity (Wildman–Crippen MR) is 82.3 cm³/mol. The van der Waals surface area contributed by atoms with Gasteiger partial charge in [0.05, 0.1) is 0 Å². The van der Waals surface area contributed by atoms with Gasteiger partial charge < -0.3 is 10.2 Å². The summed E-state index contributed by atoms with van der Waals surface area (Å²) in [4.78, 5) is 14.1. The Morgan fingerprint density at radius 3 is 2.55 bits per heavy atom. The Kier molecular flexibility index (Phi) is 4.05. The Morgan fingerprint density at radius 2 is 1.95 bits per heavy atom. The molecular formula is C15H25N5. The quantitative estimate of drug-likeness (QED) is 0.884. The number of nitrogens with zero attached hydrogens (tertiary/aromatic N) is 4. The second-order valence-corrected chi connectivity index (χ2v) is 5.86. The van der Waals surface area contributed by atoms with Gasteiger partial charge in [-0.15, -0.1) is 0 Å². The van der Waals surface area contributed by atoms with E-state index >= 15 is 0 Å². The van der Waals surface area contributed by atoms with E-state index in [9.17, 15) is 0 Å². The highest BCUT2D eigenvalue weighted by molar-refractivity contribution is 5.49. The van der Waals surface area contributed by atoms with Crippen molar-refractivity contribution in [1.29, 1.82) is 0 Å². The highest BCUT2D eigenvalue weighted by atomic mass is 15.3. The average Bonchev–Trinajstić information content (AvgIpc) is 3.31. The molecule has 0 unspecified atom stereocenters. The van der Waals surface area contributed by atoms with Gasteiger partial charge in [0, 0.05) is 52.3 Å². The lowest BCUT2D eigenvalue weighted by atomic mass is 10.2. The first-order chi connectivity index (χ1) is 9.78. The van der Waals surface area contributed by atoms with Crippen LogP contribution in [0.25, 0.3) is 0 Å². The molecule has 0 aromatic carbocycles. The number of aromatic nitrogens is 2. The fraction of sp³-hybridized carbons (Fsp3) is 0.733. The number of piperazine rings is 1. The number of nitrogens with one attached hydrogen (secondary N) is 1. The van der Waals surface area contributed by atoms with Gasteiger partial charge in [-0.3, -0.25) is 4.90 Å². The molecule has 0 amide bonds. The lowest BCUT2D eigenvalue weighted by molar-refractivity contribution is 0.247. The van der Waals surface area contributed by atoms with Gasteiger partial charge in [-0.2, -0.15) is 0 Å². The molecule has 1 saturated carbocycles. The Hall–Kier alpha value is -1.36. The molecule has 2 aliphatic rings. The van der Waals surface area contributed by atoms with Crippen LogP contribution in [0, 0.1) is 5.92 Å². The molecule has 1 aliphatic carbocycles. The van der Waals surface area contributed by atoms with Crippen LogP contribution in [-0.4, -0.2) is 54.6 Å². The molecule has 3 rings (SSSR count). The van der Waals surface area contributed by atoms with Gasteiger partial charge in [-0.1, -0.05) is 6.92 Å². The van der Waals surface area contributed by atoms with E-state index < -0.39 is 0 Å². The molecule has 1 aromatic rings. The first-order valence-corrected chi connectivity index (χ1v) is 7.81. The minimum Gasteiger partial charge on any atom is -0.373 e. The van der Waals surface area contributed by atoms with E-state index in [0.29, 0.717) is 0 Å². The van der Waals surface area contributed by atoms with Gasteiger partial charge >= 0.3 is 0 Å². The molecule has 1 N–H and O–H groups in total. The van der Waals surface area contributed by atoms with Crippen LogP contribution in [0.5, 0.6) is 0 Å². The van der Waals surface area contributed by atoms with Crippen molar-refractivity contribution in [2.24, 2.45) is 5.92 Å². The molecule has 20 heavy (non-hydrogen) atoms. The molecule has 0 radical (unpaired) electrons. The zero-order valence-corrected chi connectivity index (χ0v) is 12.6. The summed E-state index contributed by atoms with van der Waals surface area (Å²) in [6.45, 7) is 7.89. The molecule has 2 fully saturated rings. The maximum Gasteiger partial charge on any atom is 0.134 e. The third-order valence-electron chi connectivity index (χ3n) is 4.24. The maximum atomic E-state index is 4.68. The Labute approximate surface area is 121 Å². The Bertz CT molecular complexity index is 427. The van der Waals surface area contributed by atoms with Crippen LogP contribution in [0.4, 0.5) is 11.6 Å². The molecule has 0 bridgehead atoms. The minimum absolute atomic E-state index is 0.879. The number of hydrogen-bond donors (Lipinski definition) is 1. The summed E-state index contributed by atoms with van der Waals surface area (Å²) in [6, 6.07) is 2.07. The number of hydrogen-bond acceptors (Lipinski definition) is 5. The molecule has 1 aliphatic heterocycles. The summed E-state index contributed by atoms with van der Waals surface area (Å²) in [5, 5.41) is 3.14. The molecule has 0 atom stereocenters. The lowest BCUT2D eigenvalue weighted by Crippen LogP contribution is -2.47. The van der Waals surface area contributed by atoms with Crippen LogP contribution < -0.4 is 10.2 Å². The second-order valence-electron chi connectivity index (χ2n) is 5.86. The van der Waals surface area contributed by atoms with Gasteiger partial charge in [0.25, 0.3) is 0 Å². The number of anilines is 2. The van der Waals surface area contributed by atoms with E-state index in [2.05, 4.69) is 38.1 Å². The molecule has 2 heterocycles. The zero-order valence-electron chi connectivity index (χ0n) is 12.6. The summed E-state index contributed by atoms with van der Waals surface area (Å²) in [5.74, 6) is 3.91. The third kappa shape index (κ3) is 3.20. The van der Waals surface area contributed by atoms with E-state index in [-0.39, 0.29) is 0 Å². The monoisotopic (exact) mass is 275 g/mol. The highest BCUT2D eigenvalue weighted by Crippen LogP contribution is 2.30. The van der Waals surface area contributed by atoms with Crippen LogP contribution in [0.2, 0.25) is 0 Å². The van der Waals surface area contributed by atoms with Crippen molar-refractivity contribution < 1.29 is 0 Å². The van der Waals surface area contributed by atoms with Crippen LogP contribution >= 0.6 is 0 Å². The van der Waals surface area contributed by atoms with Crippen LogP contribution in [0.15, 0.2) is 6.07 Å². The molecule has 110 valence electrons. The molecule has 1 saturated heterocycles. The van der Waals surface area contributed by atoms with E-state index in [4.69, 9.17) is 0 Å². The Morgan fingerprint density at radius 1 is 1.20 bits per heavy atom. The lowest BCUT2D eigenvalue weighted by Gasteiger charge is -2.35. The molecule has 5 nitrogen and oxygen atoms in total. The molecular weight excluding hydrogens is 250 g/mol. The van der Waals surface area contributed by atoms with E-state index in [0.717, 1.165) is 56.0 Å². The first kappa shape index (κ1) is 13.6. The summed E-state index contributed by atoms with van der Waals surface area (Å²) < 4.78 is 0. The van der Waals surface area contributed by atoms with Crippen molar-refractivity contribution in [3.63, 3.8) is 0 Å². The third-order valence-corrected chi connectivity index (χ3v) is 4.24. The van der Waals surface area contributed by atoms with Crippen LogP contribution in [0.1, 0.15) is 25.6 Å². The summed E-state index contributed by atoms with van der Waals surface area (Å²) >= 11 is 0. The van der Waals surface area contributed by atoms with E-state index in [1.54, 1.807) is 0 Å². The van der Waals surface area contributed by atoms with Crippen molar-refractivity contribution in [1.82, 2.24) is 14.9 Å². The summed E-state index contributed by atoms with van der Waals surface area (Å²) in [6.07, 6.45) is 3.76. The molecule has 5 heteroatoms. The van der Waals surface area contributed by atoms with Crippen LogP contribution in [-0.2, 0) is 6.42 Å². The maximum absolute atomic E-state index is 4.68. The first-order valence-electron chi connectivity index (χ1n) is 7.81. The normalized spacial score (nSPS) is 20.2. The summed E-state index contributed by atoms with van der Waals surface area (Å²) in [7, 11) is 1.92. The fourth-order valence-electron chi connectivity index (χ4n) is 2.76. The topological polar surface area (TPSA) is 44.3 Å². The van der Waals surface area contributed by atoms with Gasteiger partial charge in [0.15, 0.2) is 0 Å². The zero-order chi connectivity index (χ0) is 13.9. The second kappa shape index (κ2) is 5.95. The number of aryl methyl sites for hydroxylation is 1. The minimum atomic E-state index is 0.879. The van der Waals surface area contributed by atoms with Crippen LogP contribution in [0.3, 0.4) is 0 Å². The van der Waals surface area contributed by atoms with Crippen molar-refractivity contribution in [3.8, 4) is 0 Å². The smallest absolute Gasteiger partial charge is 0.134 e. The van der Waals surface area contributed by atoms with Gasteiger partial charge in [0.2, 0.25) is 0 Å². The van der Waals surface area contributed by atoms with Crippen molar-refractivity contribution >= 4 is 11.6 Å². The van der Waals surface area contributed by atoms with Gasteiger partial charge in [-0.25, -0.2) is 9.97 Å². The standard InChI is InChI=1S/C15H25N5/c1-3-13-17-14(16-2)10-15(18-13)20-8-6-19(7-9-20)11-12-4-5-12/h10,12H,3-9,11H2,1-2H3,(H,16,17,18). The van der Waals surface area contributed by atoms with E-state index in [1.807, 2.05) is 7.05 Å². The van der Waals surface area contributed by atoms with Gasteiger partial charge in [-0.05, 0) is 18.8 Å². The summed E-state index contributed by atoms with van der Waals surface area (Å²) in [5.41, 5.74) is 0.